The summed E-state index contributed by atoms with van der Waals surface area (Å²) in [7, 11) is 0. The fraction of sp³-hybridized carbons (Fsp3) is 0.900. The number of piperidine rings is 1. The van der Waals surface area contributed by atoms with Crippen LogP contribution in [0.4, 0.5) is 0 Å². The summed E-state index contributed by atoms with van der Waals surface area (Å²) < 4.78 is 0. The molecule has 0 aromatic heterocycles. The van der Waals surface area contributed by atoms with E-state index in [1.807, 2.05) is 0 Å². The zero-order valence-electron chi connectivity index (χ0n) is 7.59. The third-order valence-corrected chi connectivity index (χ3v) is 3.12. The van der Waals surface area contributed by atoms with Gasteiger partial charge in [-0.3, -0.25) is 4.79 Å². The van der Waals surface area contributed by atoms with Crippen LogP contribution in [0.5, 0.6) is 0 Å². The van der Waals surface area contributed by atoms with Crippen LogP contribution in [0.25, 0.3) is 0 Å². The van der Waals surface area contributed by atoms with Gasteiger partial charge < -0.3 is 4.90 Å². The lowest BCUT2D eigenvalue weighted by Gasteiger charge is -2.34. The summed E-state index contributed by atoms with van der Waals surface area (Å²) in [5.74, 6) is 0.833. The zero-order chi connectivity index (χ0) is 8.39. The summed E-state index contributed by atoms with van der Waals surface area (Å²) in [6.45, 7) is 2.05. The predicted molar refractivity (Wildman–Crippen MR) is 47.8 cm³/mol. The standard InChI is InChI=1S/C10H17NO/c12-10-9-5-2-1-3-7-11(10)8-4-6-9/h9H,1-8H2/t9-/m0/s1. The van der Waals surface area contributed by atoms with Crippen molar-refractivity contribution in [1.82, 2.24) is 4.90 Å². The number of fused-ring (bicyclic) bond motifs is 2. The zero-order valence-corrected chi connectivity index (χ0v) is 7.59. The Morgan fingerprint density at radius 2 is 1.75 bits per heavy atom. The van der Waals surface area contributed by atoms with Crippen molar-refractivity contribution in [3.63, 3.8) is 0 Å². The Balaban J connectivity index is 2.05. The maximum atomic E-state index is 11.7. The van der Waals surface area contributed by atoms with Gasteiger partial charge in [0.1, 0.15) is 0 Å². The fourth-order valence-corrected chi connectivity index (χ4v) is 2.38. The van der Waals surface area contributed by atoms with Crippen molar-refractivity contribution < 1.29 is 4.79 Å². The molecule has 2 saturated heterocycles. The van der Waals surface area contributed by atoms with Gasteiger partial charge in [0.2, 0.25) is 5.91 Å². The smallest absolute Gasteiger partial charge is 0.225 e. The number of nitrogens with zero attached hydrogens (tertiary/aromatic N) is 1. The van der Waals surface area contributed by atoms with Gasteiger partial charge in [-0.2, -0.15) is 0 Å². The lowest BCUT2D eigenvalue weighted by Crippen LogP contribution is -2.42. The Labute approximate surface area is 73.9 Å². The van der Waals surface area contributed by atoms with Crippen LogP contribution in [0.1, 0.15) is 38.5 Å². The van der Waals surface area contributed by atoms with E-state index in [1.165, 1.54) is 25.7 Å². The second-order valence-electron chi connectivity index (χ2n) is 4.01. The minimum atomic E-state index is 0.388. The summed E-state index contributed by atoms with van der Waals surface area (Å²) in [6.07, 6.45) is 7.34. The lowest BCUT2D eigenvalue weighted by atomic mass is 9.89. The molecule has 0 saturated carbocycles. The van der Waals surface area contributed by atoms with Gasteiger partial charge >= 0.3 is 0 Å². The molecule has 0 aliphatic carbocycles. The van der Waals surface area contributed by atoms with E-state index < -0.39 is 0 Å². The highest BCUT2D eigenvalue weighted by atomic mass is 16.2. The van der Waals surface area contributed by atoms with Crippen LogP contribution in [-0.2, 0) is 4.79 Å². The number of rotatable bonds is 0. The highest BCUT2D eigenvalue weighted by molar-refractivity contribution is 5.79. The summed E-state index contributed by atoms with van der Waals surface area (Å²) in [5, 5.41) is 0. The number of carbonyl (C=O) groups excluding carboxylic acids is 1. The third-order valence-electron chi connectivity index (χ3n) is 3.12. The fourth-order valence-electron chi connectivity index (χ4n) is 2.38. The van der Waals surface area contributed by atoms with Crippen LogP contribution in [0.15, 0.2) is 0 Å². The van der Waals surface area contributed by atoms with Crippen LogP contribution < -0.4 is 0 Å². The van der Waals surface area contributed by atoms with Crippen molar-refractivity contribution in [2.24, 2.45) is 5.92 Å². The van der Waals surface area contributed by atoms with Gasteiger partial charge in [0.25, 0.3) is 0 Å². The first-order valence-electron chi connectivity index (χ1n) is 5.17. The van der Waals surface area contributed by atoms with Gasteiger partial charge in [-0.05, 0) is 25.7 Å². The molecule has 2 nitrogen and oxygen atoms in total. The van der Waals surface area contributed by atoms with Gasteiger partial charge in [0.05, 0.1) is 0 Å². The Morgan fingerprint density at radius 1 is 1.00 bits per heavy atom. The van der Waals surface area contributed by atoms with Gasteiger partial charge in [-0.25, -0.2) is 0 Å². The average molecular weight is 167 g/mol. The van der Waals surface area contributed by atoms with Crippen molar-refractivity contribution in [3.05, 3.63) is 0 Å². The second kappa shape index (κ2) is 3.46. The first-order chi connectivity index (χ1) is 5.88. The molecule has 2 heteroatoms. The molecular formula is C10H17NO. The van der Waals surface area contributed by atoms with Crippen LogP contribution in [-0.4, -0.2) is 23.9 Å². The van der Waals surface area contributed by atoms with Gasteiger partial charge in [0, 0.05) is 19.0 Å². The quantitative estimate of drug-likeness (QED) is 0.538. The molecule has 2 fully saturated rings. The molecule has 0 radical (unpaired) electrons. The number of amides is 1. The molecule has 0 spiro atoms. The number of hydrogen-bond donors (Lipinski definition) is 0. The minimum Gasteiger partial charge on any atom is -0.342 e. The molecule has 12 heavy (non-hydrogen) atoms. The van der Waals surface area contributed by atoms with Crippen LogP contribution in [0, 0.1) is 5.92 Å². The largest absolute Gasteiger partial charge is 0.342 e. The van der Waals surface area contributed by atoms with Crippen molar-refractivity contribution in [1.29, 1.82) is 0 Å². The van der Waals surface area contributed by atoms with Gasteiger partial charge in [-0.15, -0.1) is 0 Å². The minimum absolute atomic E-state index is 0.388. The number of carbonyl (C=O) groups is 1. The molecule has 2 aliphatic heterocycles. The molecule has 0 aromatic rings. The normalized spacial score (nSPS) is 31.2. The van der Waals surface area contributed by atoms with E-state index in [0.29, 0.717) is 11.8 Å². The first-order valence-corrected chi connectivity index (χ1v) is 5.17. The van der Waals surface area contributed by atoms with E-state index in [9.17, 15) is 4.79 Å². The third kappa shape index (κ3) is 1.47. The van der Waals surface area contributed by atoms with E-state index in [-0.39, 0.29) is 0 Å². The van der Waals surface area contributed by atoms with Crippen LogP contribution in [0.2, 0.25) is 0 Å². The van der Waals surface area contributed by atoms with E-state index in [1.54, 1.807) is 0 Å². The molecule has 0 aromatic carbocycles. The molecule has 68 valence electrons. The molecule has 0 N–H and O–H groups in total. The summed E-state index contributed by atoms with van der Waals surface area (Å²) in [4.78, 5) is 13.8. The van der Waals surface area contributed by atoms with Crippen molar-refractivity contribution in [2.75, 3.05) is 13.1 Å². The van der Waals surface area contributed by atoms with Crippen LogP contribution in [0.3, 0.4) is 0 Å². The topological polar surface area (TPSA) is 20.3 Å². The van der Waals surface area contributed by atoms with Crippen molar-refractivity contribution in [2.45, 2.75) is 38.5 Å². The van der Waals surface area contributed by atoms with Gasteiger partial charge in [-0.1, -0.05) is 12.8 Å². The molecule has 0 unspecified atom stereocenters. The molecule has 2 bridgehead atoms. The Kier molecular flexibility index (Phi) is 2.33. The monoisotopic (exact) mass is 167 g/mol. The summed E-state index contributed by atoms with van der Waals surface area (Å²) >= 11 is 0. The van der Waals surface area contributed by atoms with Crippen molar-refractivity contribution in [3.8, 4) is 0 Å². The second-order valence-corrected chi connectivity index (χ2v) is 4.01. The maximum Gasteiger partial charge on any atom is 0.225 e. The summed E-state index contributed by atoms with van der Waals surface area (Å²) in [6, 6.07) is 0. The maximum absolute atomic E-state index is 11.7. The predicted octanol–water partition coefficient (Wildman–Crippen LogP) is 1.80. The van der Waals surface area contributed by atoms with E-state index in [0.717, 1.165) is 25.9 Å². The molecule has 2 rings (SSSR count). The Hall–Kier alpha value is -0.530. The molecule has 2 heterocycles. The highest BCUT2D eigenvalue weighted by Gasteiger charge is 2.28. The molecule has 2 aliphatic rings. The van der Waals surface area contributed by atoms with E-state index in [4.69, 9.17) is 0 Å². The number of hydrogen-bond acceptors (Lipinski definition) is 1. The van der Waals surface area contributed by atoms with Crippen molar-refractivity contribution >= 4 is 5.91 Å². The highest BCUT2D eigenvalue weighted by Crippen LogP contribution is 2.25. The Morgan fingerprint density at radius 3 is 2.67 bits per heavy atom. The molecule has 1 amide bonds. The molecular weight excluding hydrogens is 150 g/mol. The molecule has 1 atom stereocenters. The Bertz CT molecular complexity index is 163. The average Bonchev–Trinajstić information content (AvgIpc) is 2.10. The van der Waals surface area contributed by atoms with Crippen LogP contribution >= 0.6 is 0 Å². The first kappa shape index (κ1) is 8.09. The SMILES string of the molecule is O=C1[C@H]2CCCCCN1CCC2. The van der Waals surface area contributed by atoms with Gasteiger partial charge in [0.15, 0.2) is 0 Å². The van der Waals surface area contributed by atoms with E-state index >= 15 is 0 Å². The summed E-state index contributed by atoms with van der Waals surface area (Å²) in [5.41, 5.74) is 0. The van der Waals surface area contributed by atoms with E-state index in [2.05, 4.69) is 4.90 Å². The lowest BCUT2D eigenvalue weighted by molar-refractivity contribution is -0.139.